The molecule has 1 aromatic heterocycles. The van der Waals surface area contributed by atoms with Crippen LogP contribution >= 0.6 is 0 Å². The van der Waals surface area contributed by atoms with Crippen molar-refractivity contribution in [1.29, 1.82) is 0 Å². The third kappa shape index (κ3) is 6.71. The normalized spacial score (nSPS) is 16.5. The SMILES string of the molecule is CCOC(=O)CC(NC(=O)CNC(=O)c1cccn(C)c1=O)c1cc(B2OC(C)(C)C(C)(C)O2)cc(F)c1F. The fourth-order valence-electron chi connectivity index (χ4n) is 3.90. The van der Waals surface area contributed by atoms with Gasteiger partial charge >= 0.3 is 13.1 Å². The fourth-order valence-corrected chi connectivity index (χ4v) is 3.90. The van der Waals surface area contributed by atoms with Crippen LogP contribution in [0, 0.1) is 11.6 Å². The molecule has 1 unspecified atom stereocenters. The molecule has 0 bridgehead atoms. The van der Waals surface area contributed by atoms with E-state index in [1.54, 1.807) is 34.6 Å². The summed E-state index contributed by atoms with van der Waals surface area (Å²) in [7, 11) is 0.438. The van der Waals surface area contributed by atoms with E-state index in [0.29, 0.717) is 0 Å². The summed E-state index contributed by atoms with van der Waals surface area (Å²) in [5, 5.41) is 4.76. The van der Waals surface area contributed by atoms with Crippen LogP contribution in [0.5, 0.6) is 0 Å². The summed E-state index contributed by atoms with van der Waals surface area (Å²) in [5.74, 6) is -4.88. The Morgan fingerprint density at radius 1 is 1.13 bits per heavy atom. The van der Waals surface area contributed by atoms with Gasteiger partial charge in [0.2, 0.25) is 5.91 Å². The molecule has 2 amide bonds. The molecule has 1 fully saturated rings. The Morgan fingerprint density at radius 2 is 1.77 bits per heavy atom. The highest BCUT2D eigenvalue weighted by Crippen LogP contribution is 2.37. The third-order valence-electron chi connectivity index (χ3n) is 6.77. The zero-order chi connectivity index (χ0) is 29.1. The van der Waals surface area contributed by atoms with E-state index in [2.05, 4.69) is 10.6 Å². The maximum atomic E-state index is 15.1. The van der Waals surface area contributed by atoms with Crippen molar-refractivity contribution in [2.45, 2.75) is 58.3 Å². The van der Waals surface area contributed by atoms with E-state index in [1.165, 1.54) is 36.0 Å². The molecule has 2 aromatic rings. The van der Waals surface area contributed by atoms with Gasteiger partial charge in [-0.15, -0.1) is 0 Å². The highest BCUT2D eigenvalue weighted by atomic mass is 19.2. The zero-order valence-corrected chi connectivity index (χ0v) is 22.7. The molecule has 1 aliphatic heterocycles. The molecule has 1 saturated heterocycles. The molecule has 13 heteroatoms. The lowest BCUT2D eigenvalue weighted by Crippen LogP contribution is -2.42. The van der Waals surface area contributed by atoms with E-state index in [-0.39, 0.29) is 23.2 Å². The van der Waals surface area contributed by atoms with Gasteiger partial charge in [-0.1, -0.05) is 6.07 Å². The van der Waals surface area contributed by atoms with Gasteiger partial charge in [-0.05, 0) is 58.3 Å². The topological polar surface area (TPSA) is 125 Å². The number of rotatable bonds is 9. The Bertz CT molecular complexity index is 1310. The van der Waals surface area contributed by atoms with E-state index < -0.39 is 72.3 Å². The number of aromatic nitrogens is 1. The Morgan fingerprint density at radius 3 is 2.38 bits per heavy atom. The average Bonchev–Trinajstić information content (AvgIpc) is 3.07. The van der Waals surface area contributed by atoms with Crippen LogP contribution in [-0.4, -0.2) is 53.8 Å². The van der Waals surface area contributed by atoms with Crippen molar-refractivity contribution in [2.24, 2.45) is 7.05 Å². The van der Waals surface area contributed by atoms with Crippen molar-refractivity contribution in [3.05, 3.63) is 63.6 Å². The summed E-state index contributed by atoms with van der Waals surface area (Å²) < 4.78 is 47.9. The van der Waals surface area contributed by atoms with Gasteiger partial charge in [-0.25, -0.2) is 8.78 Å². The minimum Gasteiger partial charge on any atom is -0.466 e. The lowest BCUT2D eigenvalue weighted by atomic mass is 9.77. The standard InChI is InChI=1S/C26H32BF2N3O7/c1-7-37-21(34)13-19(31-20(33)14-30-23(35)16-9-8-10-32(6)24(16)36)17-11-15(12-18(28)22(17)29)27-38-25(2,3)26(4,5)39-27/h8-12,19H,7,13-14H2,1-6H3,(H,30,35)(H,31,33). The van der Waals surface area contributed by atoms with Crippen molar-refractivity contribution in [3.8, 4) is 0 Å². The molecule has 0 radical (unpaired) electrons. The van der Waals surface area contributed by atoms with Gasteiger partial charge in [0.15, 0.2) is 11.6 Å². The predicted octanol–water partition coefficient (Wildman–Crippen LogP) is 1.50. The van der Waals surface area contributed by atoms with Crippen LogP contribution < -0.4 is 21.7 Å². The number of hydrogen-bond donors (Lipinski definition) is 2. The molecule has 210 valence electrons. The molecule has 2 heterocycles. The number of carbonyl (C=O) groups excluding carboxylic acids is 3. The van der Waals surface area contributed by atoms with Crippen LogP contribution in [0.25, 0.3) is 0 Å². The van der Waals surface area contributed by atoms with Gasteiger partial charge in [0.05, 0.1) is 36.8 Å². The van der Waals surface area contributed by atoms with Gasteiger partial charge in [0.1, 0.15) is 5.56 Å². The summed E-state index contributed by atoms with van der Waals surface area (Å²) >= 11 is 0. The van der Waals surface area contributed by atoms with Crippen molar-refractivity contribution in [1.82, 2.24) is 15.2 Å². The number of carbonyl (C=O) groups is 3. The molecule has 2 N–H and O–H groups in total. The zero-order valence-electron chi connectivity index (χ0n) is 22.7. The Labute approximate surface area is 225 Å². The van der Waals surface area contributed by atoms with E-state index in [0.717, 1.165) is 6.07 Å². The monoisotopic (exact) mass is 547 g/mol. The summed E-state index contributed by atoms with van der Waals surface area (Å²) in [6.45, 7) is 8.22. The lowest BCUT2D eigenvalue weighted by Gasteiger charge is -2.32. The molecule has 0 saturated carbocycles. The number of benzene rings is 1. The van der Waals surface area contributed by atoms with Gasteiger partial charge in [-0.2, -0.15) is 0 Å². The number of ether oxygens (including phenoxy) is 1. The Balaban J connectivity index is 1.85. The Hall–Kier alpha value is -3.58. The van der Waals surface area contributed by atoms with Crippen molar-refractivity contribution in [2.75, 3.05) is 13.2 Å². The maximum Gasteiger partial charge on any atom is 0.494 e. The molecular formula is C26H32BF2N3O7. The highest BCUT2D eigenvalue weighted by Gasteiger charge is 2.52. The second-order valence-electron chi connectivity index (χ2n) is 10.1. The van der Waals surface area contributed by atoms with E-state index in [1.807, 2.05) is 0 Å². The minimum atomic E-state index is -1.35. The number of pyridine rings is 1. The second kappa shape index (κ2) is 11.7. The minimum absolute atomic E-state index is 0.0341. The summed E-state index contributed by atoms with van der Waals surface area (Å²) in [6, 6.07) is 3.64. The van der Waals surface area contributed by atoms with Crippen LogP contribution in [0.3, 0.4) is 0 Å². The van der Waals surface area contributed by atoms with Crippen LogP contribution in [0.2, 0.25) is 0 Å². The van der Waals surface area contributed by atoms with Gasteiger partial charge in [0.25, 0.3) is 11.5 Å². The largest absolute Gasteiger partial charge is 0.494 e. The Kier molecular flexibility index (Phi) is 8.96. The van der Waals surface area contributed by atoms with E-state index >= 15 is 4.39 Å². The third-order valence-corrected chi connectivity index (χ3v) is 6.77. The molecule has 3 rings (SSSR count). The summed E-state index contributed by atoms with van der Waals surface area (Å²) in [5.41, 5.74) is -2.42. The second-order valence-corrected chi connectivity index (χ2v) is 10.1. The summed E-state index contributed by atoms with van der Waals surface area (Å²) in [4.78, 5) is 49.6. The van der Waals surface area contributed by atoms with Crippen molar-refractivity contribution >= 4 is 30.4 Å². The van der Waals surface area contributed by atoms with Crippen LogP contribution in [0.4, 0.5) is 8.78 Å². The molecule has 1 aliphatic rings. The van der Waals surface area contributed by atoms with Gasteiger partial charge in [0, 0.05) is 18.8 Å². The number of nitrogens with zero attached hydrogens (tertiary/aromatic N) is 1. The highest BCUT2D eigenvalue weighted by molar-refractivity contribution is 6.62. The first-order valence-electron chi connectivity index (χ1n) is 12.4. The molecular weight excluding hydrogens is 515 g/mol. The average molecular weight is 547 g/mol. The predicted molar refractivity (Wildman–Crippen MR) is 138 cm³/mol. The summed E-state index contributed by atoms with van der Waals surface area (Å²) in [6.07, 6.45) is 0.952. The van der Waals surface area contributed by atoms with Gasteiger partial charge < -0.3 is 29.2 Å². The number of aryl methyl sites for hydroxylation is 1. The van der Waals surface area contributed by atoms with Crippen LogP contribution in [-0.2, 0) is 30.7 Å². The van der Waals surface area contributed by atoms with E-state index in [9.17, 15) is 23.6 Å². The molecule has 1 aromatic carbocycles. The van der Waals surface area contributed by atoms with Crippen molar-refractivity contribution in [3.63, 3.8) is 0 Å². The number of amides is 2. The molecule has 10 nitrogen and oxygen atoms in total. The van der Waals surface area contributed by atoms with Crippen LogP contribution in [0.1, 0.15) is 63.0 Å². The first-order valence-corrected chi connectivity index (χ1v) is 12.4. The molecule has 39 heavy (non-hydrogen) atoms. The van der Waals surface area contributed by atoms with Crippen LogP contribution in [0.15, 0.2) is 35.3 Å². The lowest BCUT2D eigenvalue weighted by molar-refractivity contribution is -0.143. The molecule has 1 atom stereocenters. The van der Waals surface area contributed by atoms with Crippen molar-refractivity contribution < 1.29 is 37.2 Å². The number of nitrogens with one attached hydrogen (secondary N) is 2. The maximum absolute atomic E-state index is 15.1. The molecule has 0 aliphatic carbocycles. The first kappa shape index (κ1) is 30.0. The number of halogens is 2. The number of esters is 1. The van der Waals surface area contributed by atoms with E-state index in [4.69, 9.17) is 14.0 Å². The fraction of sp³-hybridized carbons (Fsp3) is 0.462. The molecule has 0 spiro atoms. The number of hydrogen-bond acceptors (Lipinski definition) is 7. The smallest absolute Gasteiger partial charge is 0.466 e. The first-order chi connectivity index (χ1) is 18.2. The van der Waals surface area contributed by atoms with Gasteiger partial charge in [-0.3, -0.25) is 19.2 Å². The quantitative estimate of drug-likeness (QED) is 0.360.